The minimum absolute atomic E-state index is 0.164. The number of rotatable bonds is 3. The van der Waals surface area contributed by atoms with Gasteiger partial charge in [-0.05, 0) is 37.3 Å². The number of anilines is 1. The van der Waals surface area contributed by atoms with Crippen LogP contribution in [0, 0.1) is 6.92 Å². The number of aromatic nitrogens is 1. The molecular weight excluding hydrogens is 440 g/mol. The van der Waals surface area contributed by atoms with E-state index in [0.29, 0.717) is 10.7 Å². The van der Waals surface area contributed by atoms with Gasteiger partial charge in [-0.1, -0.05) is 50.1 Å². The minimum atomic E-state index is -0.164. The molecule has 1 amide bonds. The van der Waals surface area contributed by atoms with Crippen LogP contribution in [0.15, 0.2) is 57.5 Å². The maximum Gasteiger partial charge on any atom is 0.257 e. The highest BCUT2D eigenvalue weighted by atomic mass is 79.9. The van der Waals surface area contributed by atoms with E-state index in [1.165, 1.54) is 11.3 Å². The van der Waals surface area contributed by atoms with Crippen LogP contribution in [0.25, 0.3) is 11.3 Å². The number of hydrogen-bond acceptors (Lipinski definition) is 3. The first-order valence-electron chi connectivity index (χ1n) is 6.83. The lowest BCUT2D eigenvalue weighted by atomic mass is 10.1. The van der Waals surface area contributed by atoms with Crippen LogP contribution >= 0.6 is 43.2 Å². The lowest BCUT2D eigenvalue weighted by Gasteiger charge is -2.02. The van der Waals surface area contributed by atoms with E-state index in [9.17, 15) is 4.79 Å². The summed E-state index contributed by atoms with van der Waals surface area (Å²) >= 11 is 8.27. The second-order valence-electron chi connectivity index (χ2n) is 4.90. The number of thiazole rings is 1. The summed E-state index contributed by atoms with van der Waals surface area (Å²) in [7, 11) is 0. The molecule has 0 bridgehead atoms. The maximum atomic E-state index is 12.3. The van der Waals surface area contributed by atoms with E-state index in [4.69, 9.17) is 0 Å². The number of hydrogen-bond donors (Lipinski definition) is 1. The molecule has 3 rings (SSSR count). The molecule has 0 fully saturated rings. The number of carbonyl (C=O) groups is 1. The molecule has 0 radical (unpaired) electrons. The number of aryl methyl sites for hydroxylation is 1. The van der Waals surface area contributed by atoms with Crippen molar-refractivity contribution in [3.63, 3.8) is 0 Å². The van der Waals surface area contributed by atoms with Gasteiger partial charge in [0.05, 0.1) is 5.69 Å². The highest BCUT2D eigenvalue weighted by molar-refractivity contribution is 9.10. The largest absolute Gasteiger partial charge is 0.298 e. The number of nitrogens with zero attached hydrogens (tertiary/aromatic N) is 1. The molecule has 23 heavy (non-hydrogen) atoms. The molecule has 0 aliphatic carbocycles. The summed E-state index contributed by atoms with van der Waals surface area (Å²) in [6, 6.07) is 15.2. The summed E-state index contributed by atoms with van der Waals surface area (Å²) in [6.07, 6.45) is 0. The smallest absolute Gasteiger partial charge is 0.257 e. The predicted octanol–water partition coefficient (Wildman–Crippen LogP) is 5.90. The Morgan fingerprint density at radius 3 is 2.52 bits per heavy atom. The molecule has 0 aliphatic heterocycles. The fourth-order valence-electron chi connectivity index (χ4n) is 2.12. The lowest BCUT2D eigenvalue weighted by Crippen LogP contribution is -2.11. The fourth-order valence-corrected chi connectivity index (χ4v) is 3.62. The Labute approximate surface area is 155 Å². The summed E-state index contributed by atoms with van der Waals surface area (Å²) in [6.45, 7) is 2.00. The molecule has 2 aromatic carbocycles. The zero-order valence-corrected chi connectivity index (χ0v) is 16.1. The van der Waals surface area contributed by atoms with Gasteiger partial charge in [0.2, 0.25) is 0 Å². The maximum absolute atomic E-state index is 12.3. The Morgan fingerprint density at radius 2 is 1.83 bits per heavy atom. The standard InChI is InChI=1S/C17H12Br2N2OS/c1-10-15(11-5-7-13(18)8-6-11)20-17(23-10)21-16(22)12-3-2-4-14(19)9-12/h2-9H,1H3,(H,20,21,22). The first-order valence-corrected chi connectivity index (χ1v) is 9.23. The number of amides is 1. The molecule has 6 heteroatoms. The van der Waals surface area contributed by atoms with Crippen LogP contribution in [0.1, 0.15) is 15.2 Å². The summed E-state index contributed by atoms with van der Waals surface area (Å²) in [4.78, 5) is 17.9. The zero-order chi connectivity index (χ0) is 16.4. The molecule has 3 nitrogen and oxygen atoms in total. The average Bonchev–Trinajstić information content (AvgIpc) is 2.88. The van der Waals surface area contributed by atoms with E-state index in [0.717, 1.165) is 25.1 Å². The Kier molecular flexibility index (Phi) is 4.94. The van der Waals surface area contributed by atoms with Gasteiger partial charge in [-0.2, -0.15) is 0 Å². The van der Waals surface area contributed by atoms with Crippen molar-refractivity contribution in [2.24, 2.45) is 0 Å². The first-order chi connectivity index (χ1) is 11.0. The van der Waals surface area contributed by atoms with Crippen molar-refractivity contribution in [2.75, 3.05) is 5.32 Å². The number of halogens is 2. The molecule has 1 heterocycles. The van der Waals surface area contributed by atoms with Crippen LogP contribution in [0.3, 0.4) is 0 Å². The van der Waals surface area contributed by atoms with Gasteiger partial charge >= 0.3 is 0 Å². The van der Waals surface area contributed by atoms with Crippen LogP contribution < -0.4 is 5.32 Å². The van der Waals surface area contributed by atoms with Crippen LogP contribution in [-0.2, 0) is 0 Å². The summed E-state index contributed by atoms with van der Waals surface area (Å²) in [5, 5.41) is 3.47. The minimum Gasteiger partial charge on any atom is -0.298 e. The molecule has 0 aliphatic rings. The Morgan fingerprint density at radius 1 is 1.09 bits per heavy atom. The van der Waals surface area contributed by atoms with Crippen LogP contribution in [0.5, 0.6) is 0 Å². The molecule has 0 spiro atoms. The van der Waals surface area contributed by atoms with Gasteiger partial charge in [-0.3, -0.25) is 10.1 Å². The van der Waals surface area contributed by atoms with Crippen molar-refractivity contribution in [3.8, 4) is 11.3 Å². The third-order valence-corrected chi connectivity index (χ3v) is 5.13. The molecular formula is C17H12Br2N2OS. The van der Waals surface area contributed by atoms with Crippen LogP contribution in [0.4, 0.5) is 5.13 Å². The van der Waals surface area contributed by atoms with Crippen molar-refractivity contribution in [2.45, 2.75) is 6.92 Å². The van der Waals surface area contributed by atoms with Gasteiger partial charge in [0.25, 0.3) is 5.91 Å². The average molecular weight is 452 g/mol. The zero-order valence-electron chi connectivity index (χ0n) is 12.1. The van der Waals surface area contributed by atoms with Gasteiger partial charge in [-0.15, -0.1) is 11.3 Å². The van der Waals surface area contributed by atoms with Crippen molar-refractivity contribution in [3.05, 3.63) is 67.9 Å². The lowest BCUT2D eigenvalue weighted by molar-refractivity contribution is 0.102. The number of nitrogens with one attached hydrogen (secondary N) is 1. The second-order valence-corrected chi connectivity index (χ2v) is 7.93. The third kappa shape index (κ3) is 3.88. The SMILES string of the molecule is Cc1sc(NC(=O)c2cccc(Br)c2)nc1-c1ccc(Br)cc1. The Balaban J connectivity index is 1.83. The first kappa shape index (κ1) is 16.4. The fraction of sp³-hybridized carbons (Fsp3) is 0.0588. The molecule has 0 saturated heterocycles. The Hall–Kier alpha value is -1.50. The normalized spacial score (nSPS) is 10.6. The van der Waals surface area contributed by atoms with Crippen molar-refractivity contribution < 1.29 is 4.79 Å². The van der Waals surface area contributed by atoms with E-state index in [1.807, 2.05) is 43.3 Å². The number of carbonyl (C=O) groups excluding carboxylic acids is 1. The molecule has 116 valence electrons. The third-order valence-electron chi connectivity index (χ3n) is 3.22. The van der Waals surface area contributed by atoms with Gasteiger partial charge in [0.1, 0.15) is 0 Å². The Bertz CT molecular complexity index is 859. The van der Waals surface area contributed by atoms with Crippen LogP contribution in [-0.4, -0.2) is 10.9 Å². The van der Waals surface area contributed by atoms with Crippen molar-refractivity contribution in [1.29, 1.82) is 0 Å². The molecule has 3 aromatic rings. The van der Waals surface area contributed by atoms with E-state index in [2.05, 4.69) is 42.2 Å². The molecule has 0 atom stereocenters. The second kappa shape index (κ2) is 6.95. The van der Waals surface area contributed by atoms with Crippen LogP contribution in [0.2, 0.25) is 0 Å². The summed E-state index contributed by atoms with van der Waals surface area (Å²) in [5.74, 6) is -0.164. The number of benzene rings is 2. The quantitative estimate of drug-likeness (QED) is 0.538. The molecule has 0 saturated carbocycles. The predicted molar refractivity (Wildman–Crippen MR) is 102 cm³/mol. The van der Waals surface area contributed by atoms with Crippen molar-refractivity contribution >= 4 is 54.2 Å². The monoisotopic (exact) mass is 450 g/mol. The molecule has 1 N–H and O–H groups in total. The van der Waals surface area contributed by atoms with E-state index in [-0.39, 0.29) is 5.91 Å². The van der Waals surface area contributed by atoms with E-state index >= 15 is 0 Å². The van der Waals surface area contributed by atoms with Crippen molar-refractivity contribution in [1.82, 2.24) is 4.98 Å². The van der Waals surface area contributed by atoms with Gasteiger partial charge in [-0.25, -0.2) is 4.98 Å². The van der Waals surface area contributed by atoms with Gasteiger partial charge in [0.15, 0.2) is 5.13 Å². The van der Waals surface area contributed by atoms with Gasteiger partial charge < -0.3 is 0 Å². The highest BCUT2D eigenvalue weighted by Gasteiger charge is 2.13. The van der Waals surface area contributed by atoms with E-state index in [1.54, 1.807) is 12.1 Å². The topological polar surface area (TPSA) is 42.0 Å². The van der Waals surface area contributed by atoms with Gasteiger partial charge in [0, 0.05) is 24.9 Å². The summed E-state index contributed by atoms with van der Waals surface area (Å²) < 4.78 is 1.90. The van der Waals surface area contributed by atoms with E-state index < -0.39 is 0 Å². The molecule has 0 unspecified atom stereocenters. The summed E-state index contributed by atoms with van der Waals surface area (Å²) in [5.41, 5.74) is 2.52. The molecule has 1 aromatic heterocycles. The highest BCUT2D eigenvalue weighted by Crippen LogP contribution is 2.31.